The predicted molar refractivity (Wildman–Crippen MR) is 52.4 cm³/mol. The summed E-state index contributed by atoms with van der Waals surface area (Å²) in [5, 5.41) is 9.60. The number of hydrogen-bond acceptors (Lipinski definition) is 3. The summed E-state index contributed by atoms with van der Waals surface area (Å²) in [6.45, 7) is 0. The van der Waals surface area contributed by atoms with Crippen LogP contribution < -0.4 is 0 Å². The molecule has 0 heterocycles. The molecule has 1 amide bonds. The molecule has 0 atom stereocenters. The SMILES string of the molecule is COC1(O)C=CC(C(=O)N(C)C)C=C1. The smallest absolute Gasteiger partial charge is 0.232 e. The van der Waals surface area contributed by atoms with Gasteiger partial charge in [0.25, 0.3) is 0 Å². The number of carbonyl (C=O) groups is 1. The molecule has 1 aliphatic carbocycles. The number of methoxy groups -OCH3 is 1. The van der Waals surface area contributed by atoms with E-state index in [-0.39, 0.29) is 11.8 Å². The Balaban J connectivity index is 2.71. The summed E-state index contributed by atoms with van der Waals surface area (Å²) in [4.78, 5) is 13.0. The average molecular weight is 197 g/mol. The number of aliphatic hydroxyl groups is 1. The van der Waals surface area contributed by atoms with E-state index in [0.29, 0.717) is 0 Å². The van der Waals surface area contributed by atoms with Gasteiger partial charge in [-0.3, -0.25) is 4.79 Å². The van der Waals surface area contributed by atoms with Gasteiger partial charge in [-0.05, 0) is 12.2 Å². The summed E-state index contributed by atoms with van der Waals surface area (Å²) in [5.41, 5.74) is 0. The van der Waals surface area contributed by atoms with Crippen molar-refractivity contribution in [2.75, 3.05) is 21.2 Å². The van der Waals surface area contributed by atoms with Gasteiger partial charge in [0.2, 0.25) is 11.7 Å². The third kappa shape index (κ3) is 2.21. The van der Waals surface area contributed by atoms with Crippen LogP contribution >= 0.6 is 0 Å². The maximum atomic E-state index is 11.5. The van der Waals surface area contributed by atoms with Crippen molar-refractivity contribution in [2.45, 2.75) is 5.79 Å². The van der Waals surface area contributed by atoms with Gasteiger partial charge in [0.05, 0.1) is 5.92 Å². The number of rotatable bonds is 2. The molecule has 4 heteroatoms. The summed E-state index contributed by atoms with van der Waals surface area (Å²) in [5.74, 6) is -1.68. The Labute approximate surface area is 83.5 Å². The molecule has 0 spiro atoms. The van der Waals surface area contributed by atoms with E-state index < -0.39 is 5.79 Å². The fraction of sp³-hybridized carbons (Fsp3) is 0.500. The van der Waals surface area contributed by atoms with Gasteiger partial charge in [-0.1, -0.05) is 12.2 Å². The lowest BCUT2D eigenvalue weighted by Gasteiger charge is -2.24. The third-order valence-electron chi connectivity index (χ3n) is 2.14. The van der Waals surface area contributed by atoms with E-state index in [1.165, 1.54) is 24.2 Å². The lowest BCUT2D eigenvalue weighted by molar-refractivity contribution is -0.130. The van der Waals surface area contributed by atoms with Gasteiger partial charge in [-0.2, -0.15) is 0 Å². The Morgan fingerprint density at radius 1 is 1.43 bits per heavy atom. The Morgan fingerprint density at radius 3 is 2.29 bits per heavy atom. The zero-order chi connectivity index (χ0) is 10.8. The highest BCUT2D eigenvalue weighted by atomic mass is 16.6. The molecule has 0 saturated heterocycles. The molecular formula is C10H15NO3. The minimum absolute atomic E-state index is 0.0179. The van der Waals surface area contributed by atoms with Crippen LogP contribution in [0.25, 0.3) is 0 Å². The zero-order valence-electron chi connectivity index (χ0n) is 8.60. The van der Waals surface area contributed by atoms with E-state index in [9.17, 15) is 9.90 Å². The quantitative estimate of drug-likeness (QED) is 0.506. The number of hydrogen-bond donors (Lipinski definition) is 1. The maximum absolute atomic E-state index is 11.5. The van der Waals surface area contributed by atoms with Crippen LogP contribution in [0.2, 0.25) is 0 Å². The lowest BCUT2D eigenvalue weighted by Crippen LogP contribution is -2.33. The second-order valence-electron chi connectivity index (χ2n) is 3.43. The van der Waals surface area contributed by atoms with E-state index in [1.807, 2.05) is 0 Å². The molecular weight excluding hydrogens is 182 g/mol. The first kappa shape index (κ1) is 10.9. The van der Waals surface area contributed by atoms with Gasteiger partial charge < -0.3 is 14.7 Å². The van der Waals surface area contributed by atoms with Crippen molar-refractivity contribution >= 4 is 5.91 Å². The second-order valence-corrected chi connectivity index (χ2v) is 3.43. The van der Waals surface area contributed by atoms with Crippen LogP contribution in [0.3, 0.4) is 0 Å². The normalized spacial score (nSPS) is 30.4. The van der Waals surface area contributed by atoms with E-state index in [0.717, 1.165) is 0 Å². The fourth-order valence-corrected chi connectivity index (χ4v) is 1.20. The summed E-state index contributed by atoms with van der Waals surface area (Å²) in [6.07, 6.45) is 6.20. The van der Waals surface area contributed by atoms with Crippen LogP contribution in [0, 0.1) is 5.92 Å². The van der Waals surface area contributed by atoms with Gasteiger partial charge >= 0.3 is 0 Å². The standard InChI is InChI=1S/C10H15NO3/c1-11(2)9(12)8-4-6-10(13,14-3)7-5-8/h4-8,13H,1-3H3. The average Bonchev–Trinajstić information content (AvgIpc) is 2.18. The van der Waals surface area contributed by atoms with Crippen LogP contribution in [0.4, 0.5) is 0 Å². The van der Waals surface area contributed by atoms with Crippen LogP contribution in [-0.2, 0) is 9.53 Å². The third-order valence-corrected chi connectivity index (χ3v) is 2.14. The molecule has 0 aromatic rings. The van der Waals surface area contributed by atoms with E-state index in [4.69, 9.17) is 4.74 Å². The molecule has 0 aliphatic heterocycles. The molecule has 1 rings (SSSR count). The van der Waals surface area contributed by atoms with Gasteiger partial charge in [0.1, 0.15) is 0 Å². The molecule has 0 fully saturated rings. The Bertz CT molecular complexity index is 267. The number of nitrogens with zero attached hydrogens (tertiary/aromatic N) is 1. The molecule has 1 N–H and O–H groups in total. The van der Waals surface area contributed by atoms with Crippen LogP contribution in [-0.4, -0.2) is 42.9 Å². The Morgan fingerprint density at radius 2 is 1.93 bits per heavy atom. The number of ether oxygens (including phenoxy) is 1. The first-order valence-corrected chi connectivity index (χ1v) is 4.36. The van der Waals surface area contributed by atoms with Crippen LogP contribution in [0.5, 0.6) is 0 Å². The predicted octanol–water partition coefficient (Wildman–Crippen LogP) is 0.152. The molecule has 0 saturated carbocycles. The highest BCUT2D eigenvalue weighted by molar-refractivity contribution is 5.82. The first-order valence-electron chi connectivity index (χ1n) is 4.36. The van der Waals surface area contributed by atoms with Gasteiger partial charge in [0, 0.05) is 21.2 Å². The number of amides is 1. The molecule has 0 radical (unpaired) electrons. The van der Waals surface area contributed by atoms with E-state index in [2.05, 4.69) is 0 Å². The summed E-state index contributed by atoms with van der Waals surface area (Å²) >= 11 is 0. The van der Waals surface area contributed by atoms with E-state index >= 15 is 0 Å². The topological polar surface area (TPSA) is 49.8 Å². The van der Waals surface area contributed by atoms with Gasteiger partial charge in [0.15, 0.2) is 0 Å². The molecule has 14 heavy (non-hydrogen) atoms. The minimum Gasteiger partial charge on any atom is -0.359 e. The van der Waals surface area contributed by atoms with Crippen LogP contribution in [0.15, 0.2) is 24.3 Å². The summed E-state index contributed by atoms with van der Waals surface area (Å²) in [7, 11) is 4.80. The second kappa shape index (κ2) is 3.94. The van der Waals surface area contributed by atoms with Gasteiger partial charge in [-0.25, -0.2) is 0 Å². The minimum atomic E-state index is -1.36. The largest absolute Gasteiger partial charge is 0.359 e. The highest BCUT2D eigenvalue weighted by Gasteiger charge is 2.26. The van der Waals surface area contributed by atoms with Crippen molar-refractivity contribution in [3.63, 3.8) is 0 Å². The zero-order valence-corrected chi connectivity index (χ0v) is 8.60. The Kier molecular flexibility index (Phi) is 3.08. The van der Waals surface area contributed by atoms with Gasteiger partial charge in [-0.15, -0.1) is 0 Å². The van der Waals surface area contributed by atoms with Crippen molar-refractivity contribution in [3.05, 3.63) is 24.3 Å². The molecule has 0 aromatic heterocycles. The van der Waals surface area contributed by atoms with Crippen molar-refractivity contribution < 1.29 is 14.6 Å². The van der Waals surface area contributed by atoms with Crippen LogP contribution in [0.1, 0.15) is 0 Å². The molecule has 0 aromatic carbocycles. The fourth-order valence-electron chi connectivity index (χ4n) is 1.20. The monoisotopic (exact) mass is 197 g/mol. The summed E-state index contributed by atoms with van der Waals surface area (Å²) < 4.78 is 4.82. The summed E-state index contributed by atoms with van der Waals surface area (Å²) in [6, 6.07) is 0. The highest BCUT2D eigenvalue weighted by Crippen LogP contribution is 2.20. The number of carbonyl (C=O) groups excluding carboxylic acids is 1. The van der Waals surface area contributed by atoms with Crippen molar-refractivity contribution in [1.82, 2.24) is 4.90 Å². The lowest BCUT2D eigenvalue weighted by atomic mass is 9.99. The molecule has 4 nitrogen and oxygen atoms in total. The Hall–Kier alpha value is -1.13. The van der Waals surface area contributed by atoms with E-state index in [1.54, 1.807) is 26.2 Å². The molecule has 0 unspecified atom stereocenters. The van der Waals surface area contributed by atoms with Crippen molar-refractivity contribution in [2.24, 2.45) is 5.92 Å². The maximum Gasteiger partial charge on any atom is 0.232 e. The first-order chi connectivity index (χ1) is 6.48. The van der Waals surface area contributed by atoms with Crippen molar-refractivity contribution in [1.29, 1.82) is 0 Å². The molecule has 1 aliphatic rings. The molecule has 78 valence electrons. The van der Waals surface area contributed by atoms with Crippen molar-refractivity contribution in [3.8, 4) is 0 Å². The molecule has 0 bridgehead atoms.